The quantitative estimate of drug-likeness (QED) is 0.310. The zero-order chi connectivity index (χ0) is 6.69. The van der Waals surface area contributed by atoms with Gasteiger partial charge in [-0.05, 0) is 18.4 Å². The molecule has 4 nitrogen and oxygen atoms in total. The van der Waals surface area contributed by atoms with E-state index in [1.165, 1.54) is 0 Å². The Labute approximate surface area is 55.3 Å². The molecule has 0 aromatic heterocycles. The number of nitrogens with zero attached hydrogens (tertiary/aromatic N) is 3. The third kappa shape index (κ3) is 1.43. The molecule has 9 heavy (non-hydrogen) atoms. The molecular weight excluding hydrogens is 138 g/mol. The zero-order valence-corrected chi connectivity index (χ0v) is 5.67. The zero-order valence-electron chi connectivity index (χ0n) is 4.86. The Morgan fingerprint density at radius 3 is 3.00 bits per heavy atom. The molecule has 1 aliphatic rings. The number of hydrogen-bond donors (Lipinski definition) is 0. The fourth-order valence-corrected chi connectivity index (χ4v) is 2.14. The van der Waals surface area contributed by atoms with E-state index in [1.54, 1.807) is 0 Å². The summed E-state index contributed by atoms with van der Waals surface area (Å²) < 4.78 is 10.8. The molecule has 0 aromatic rings. The highest BCUT2D eigenvalue weighted by atomic mass is 32.2. The van der Waals surface area contributed by atoms with Gasteiger partial charge in [0.1, 0.15) is 5.37 Å². The second-order valence-electron chi connectivity index (χ2n) is 1.89. The molecule has 0 radical (unpaired) electrons. The fraction of sp³-hybridized carbons (Fsp3) is 1.00. The second kappa shape index (κ2) is 2.85. The molecule has 0 bridgehead atoms. The maximum absolute atomic E-state index is 10.8. The molecule has 0 saturated carbocycles. The lowest BCUT2D eigenvalue weighted by Gasteiger charge is -1.93. The third-order valence-corrected chi connectivity index (χ3v) is 2.91. The SMILES string of the molecule is [N-]=[N+]=NC1CCCS1=O. The van der Waals surface area contributed by atoms with Crippen molar-refractivity contribution in [1.82, 2.24) is 0 Å². The highest BCUT2D eigenvalue weighted by Gasteiger charge is 2.20. The van der Waals surface area contributed by atoms with Crippen molar-refractivity contribution >= 4 is 10.8 Å². The van der Waals surface area contributed by atoms with Gasteiger partial charge in [-0.25, -0.2) is 0 Å². The third-order valence-electron chi connectivity index (χ3n) is 1.28. The van der Waals surface area contributed by atoms with Crippen LogP contribution < -0.4 is 0 Å². The van der Waals surface area contributed by atoms with Crippen molar-refractivity contribution in [3.8, 4) is 0 Å². The summed E-state index contributed by atoms with van der Waals surface area (Å²) >= 11 is 0. The van der Waals surface area contributed by atoms with Crippen molar-refractivity contribution in [3.63, 3.8) is 0 Å². The minimum atomic E-state index is -0.881. The average molecular weight is 145 g/mol. The van der Waals surface area contributed by atoms with E-state index in [4.69, 9.17) is 5.53 Å². The Kier molecular flexibility index (Phi) is 2.08. The maximum atomic E-state index is 10.8. The van der Waals surface area contributed by atoms with Crippen molar-refractivity contribution in [2.75, 3.05) is 5.75 Å². The summed E-state index contributed by atoms with van der Waals surface area (Å²) in [6.45, 7) is 0. The van der Waals surface area contributed by atoms with Crippen molar-refractivity contribution in [2.45, 2.75) is 18.2 Å². The minimum Gasteiger partial charge on any atom is -0.259 e. The molecule has 1 heterocycles. The first-order valence-electron chi connectivity index (χ1n) is 2.76. The van der Waals surface area contributed by atoms with Crippen LogP contribution in [-0.2, 0) is 10.8 Å². The van der Waals surface area contributed by atoms with Gasteiger partial charge >= 0.3 is 0 Å². The summed E-state index contributed by atoms with van der Waals surface area (Å²) in [5.41, 5.74) is 7.97. The fourth-order valence-electron chi connectivity index (χ4n) is 0.836. The molecule has 50 valence electrons. The molecule has 2 unspecified atom stereocenters. The first-order chi connectivity index (χ1) is 4.34. The molecule has 2 atom stereocenters. The Hall–Kier alpha value is -0.540. The predicted molar refractivity (Wildman–Crippen MR) is 35.2 cm³/mol. The monoisotopic (exact) mass is 145 g/mol. The van der Waals surface area contributed by atoms with Gasteiger partial charge in [-0.2, -0.15) is 0 Å². The summed E-state index contributed by atoms with van der Waals surface area (Å²) in [7, 11) is -0.881. The molecule has 0 spiro atoms. The number of hydrogen-bond acceptors (Lipinski definition) is 2. The first kappa shape index (κ1) is 6.58. The lowest BCUT2D eigenvalue weighted by atomic mass is 10.3. The van der Waals surface area contributed by atoms with Gasteiger partial charge < -0.3 is 0 Å². The van der Waals surface area contributed by atoms with E-state index in [0.29, 0.717) is 5.75 Å². The van der Waals surface area contributed by atoms with Gasteiger partial charge in [-0.1, -0.05) is 5.11 Å². The normalized spacial score (nSPS) is 33.8. The summed E-state index contributed by atoms with van der Waals surface area (Å²) in [4.78, 5) is 2.60. The van der Waals surface area contributed by atoms with Crippen LogP contribution in [0.4, 0.5) is 0 Å². The highest BCUT2D eigenvalue weighted by molar-refractivity contribution is 7.85. The summed E-state index contributed by atoms with van der Waals surface area (Å²) in [6.07, 6.45) is 1.72. The Balaban J connectivity index is 2.59. The maximum Gasteiger partial charge on any atom is 0.113 e. The van der Waals surface area contributed by atoms with E-state index in [0.717, 1.165) is 12.8 Å². The van der Waals surface area contributed by atoms with E-state index in [-0.39, 0.29) is 5.37 Å². The minimum absolute atomic E-state index is 0.241. The van der Waals surface area contributed by atoms with Gasteiger partial charge in [0.05, 0.1) is 0 Å². The van der Waals surface area contributed by atoms with Crippen LogP contribution in [-0.4, -0.2) is 15.3 Å². The standard InChI is InChI=1S/C4H7N3OS/c5-7-6-4-2-1-3-9(4)8/h4H,1-3H2. The Morgan fingerprint density at radius 1 is 1.78 bits per heavy atom. The van der Waals surface area contributed by atoms with Crippen LogP contribution in [0.1, 0.15) is 12.8 Å². The molecule has 1 aliphatic heterocycles. The van der Waals surface area contributed by atoms with Crippen LogP contribution >= 0.6 is 0 Å². The second-order valence-corrected chi connectivity index (χ2v) is 3.60. The van der Waals surface area contributed by atoms with Crippen LogP contribution in [0.25, 0.3) is 10.4 Å². The first-order valence-corrected chi connectivity index (χ1v) is 4.14. The van der Waals surface area contributed by atoms with E-state index in [2.05, 4.69) is 10.0 Å². The predicted octanol–water partition coefficient (Wildman–Crippen LogP) is 1.17. The van der Waals surface area contributed by atoms with E-state index < -0.39 is 10.8 Å². The van der Waals surface area contributed by atoms with Crippen LogP contribution in [0.5, 0.6) is 0 Å². The van der Waals surface area contributed by atoms with E-state index in [1.807, 2.05) is 0 Å². The summed E-state index contributed by atoms with van der Waals surface area (Å²) in [6, 6.07) is 0. The topological polar surface area (TPSA) is 65.8 Å². The summed E-state index contributed by atoms with van der Waals surface area (Å²) in [5, 5.41) is 3.14. The molecule has 0 aliphatic carbocycles. The number of azide groups is 1. The van der Waals surface area contributed by atoms with Gasteiger partial charge in [-0.15, -0.1) is 0 Å². The van der Waals surface area contributed by atoms with Gasteiger partial charge in [0.15, 0.2) is 0 Å². The molecule has 5 heteroatoms. The van der Waals surface area contributed by atoms with Crippen LogP contribution in [0.15, 0.2) is 5.11 Å². The van der Waals surface area contributed by atoms with Gasteiger partial charge in [0, 0.05) is 21.5 Å². The van der Waals surface area contributed by atoms with Crippen LogP contribution in [0.2, 0.25) is 0 Å². The highest BCUT2D eigenvalue weighted by Crippen LogP contribution is 2.16. The Bertz CT molecular complexity index is 175. The van der Waals surface area contributed by atoms with Crippen molar-refractivity contribution in [2.24, 2.45) is 5.11 Å². The molecule has 1 fully saturated rings. The smallest absolute Gasteiger partial charge is 0.113 e. The van der Waals surface area contributed by atoms with Crippen molar-refractivity contribution < 1.29 is 4.21 Å². The van der Waals surface area contributed by atoms with Gasteiger partial charge in [0.2, 0.25) is 0 Å². The van der Waals surface area contributed by atoms with E-state index in [9.17, 15) is 4.21 Å². The molecule has 0 N–H and O–H groups in total. The summed E-state index contributed by atoms with van der Waals surface area (Å²) in [5.74, 6) is 0.698. The lowest BCUT2D eigenvalue weighted by Crippen LogP contribution is -2.02. The lowest BCUT2D eigenvalue weighted by molar-refractivity contribution is 0.677. The molecule has 1 saturated heterocycles. The largest absolute Gasteiger partial charge is 0.259 e. The molecule has 0 amide bonds. The molecule has 1 rings (SSSR count). The van der Waals surface area contributed by atoms with Gasteiger partial charge in [0.25, 0.3) is 0 Å². The number of rotatable bonds is 1. The molecular formula is C4H7N3OS. The Morgan fingerprint density at radius 2 is 2.56 bits per heavy atom. The van der Waals surface area contributed by atoms with E-state index >= 15 is 0 Å². The van der Waals surface area contributed by atoms with Crippen molar-refractivity contribution in [1.29, 1.82) is 0 Å². The average Bonchev–Trinajstić information content (AvgIpc) is 2.18. The van der Waals surface area contributed by atoms with Gasteiger partial charge in [-0.3, -0.25) is 4.21 Å². The van der Waals surface area contributed by atoms with Crippen LogP contribution in [0.3, 0.4) is 0 Å². The van der Waals surface area contributed by atoms with Crippen molar-refractivity contribution in [3.05, 3.63) is 10.4 Å². The van der Waals surface area contributed by atoms with Crippen LogP contribution in [0, 0.1) is 0 Å². The molecule has 0 aromatic carbocycles.